The Hall–Kier alpha value is -1.13. The molecule has 0 atom stereocenters. The Balaban J connectivity index is 2.65. The fraction of sp³-hybridized carbons (Fsp3) is 0.308. The summed E-state index contributed by atoms with van der Waals surface area (Å²) >= 11 is 6.08. The van der Waals surface area contributed by atoms with E-state index in [9.17, 15) is 8.42 Å². The Kier molecular flexibility index (Phi) is 3.59. The van der Waals surface area contributed by atoms with Crippen molar-refractivity contribution in [2.75, 3.05) is 6.26 Å². The van der Waals surface area contributed by atoms with Crippen molar-refractivity contribution in [2.24, 2.45) is 0 Å². The number of sulfone groups is 1. The molecule has 1 aromatic heterocycles. The third kappa shape index (κ3) is 2.65. The van der Waals surface area contributed by atoms with Gasteiger partial charge in [-0.2, -0.15) is 0 Å². The first-order valence-electron chi connectivity index (χ1n) is 5.71. The molecule has 1 aromatic carbocycles. The van der Waals surface area contributed by atoms with Crippen molar-refractivity contribution >= 4 is 32.3 Å². The number of rotatable bonds is 3. The van der Waals surface area contributed by atoms with Crippen LogP contribution in [0.15, 0.2) is 29.2 Å². The monoisotopic (exact) mass is 283 g/mol. The van der Waals surface area contributed by atoms with E-state index in [1.54, 1.807) is 18.2 Å². The minimum absolute atomic E-state index is 0.307. The third-order valence-corrected chi connectivity index (χ3v) is 4.20. The number of aryl methyl sites for hydroxylation is 1. The van der Waals surface area contributed by atoms with E-state index >= 15 is 0 Å². The van der Waals surface area contributed by atoms with Crippen LogP contribution in [0, 0.1) is 0 Å². The summed E-state index contributed by atoms with van der Waals surface area (Å²) in [6.07, 6.45) is 3.01. The highest BCUT2D eigenvalue weighted by atomic mass is 35.5. The van der Waals surface area contributed by atoms with Gasteiger partial charge in [-0.15, -0.1) is 0 Å². The summed E-state index contributed by atoms with van der Waals surface area (Å²) in [6.45, 7) is 2.06. The average molecular weight is 284 g/mol. The normalized spacial score (nSPS) is 11.9. The lowest BCUT2D eigenvalue weighted by Gasteiger charge is -2.06. The van der Waals surface area contributed by atoms with E-state index in [-0.39, 0.29) is 0 Å². The quantitative estimate of drug-likeness (QED) is 0.813. The van der Waals surface area contributed by atoms with Crippen molar-refractivity contribution in [3.63, 3.8) is 0 Å². The maximum Gasteiger partial charge on any atom is 0.175 e. The van der Waals surface area contributed by atoms with E-state index in [2.05, 4.69) is 11.9 Å². The summed E-state index contributed by atoms with van der Waals surface area (Å²) in [5, 5.41) is 1.31. The fourth-order valence-electron chi connectivity index (χ4n) is 1.85. The highest BCUT2D eigenvalue weighted by molar-refractivity contribution is 7.90. The standard InChI is InChI=1S/C13H14ClNO2S/c1-3-4-9-7-10-8-11(18(2,16)17)5-6-12(10)15-13(9)14/h5-8H,3-4H2,1-2H3. The molecule has 0 aliphatic heterocycles. The van der Waals surface area contributed by atoms with Gasteiger partial charge in [0.15, 0.2) is 9.84 Å². The molecule has 0 aliphatic carbocycles. The molecule has 0 aliphatic rings. The Morgan fingerprint density at radius 2 is 2.00 bits per heavy atom. The predicted octanol–water partition coefficient (Wildman–Crippen LogP) is 3.24. The Morgan fingerprint density at radius 1 is 1.28 bits per heavy atom. The zero-order valence-corrected chi connectivity index (χ0v) is 11.8. The number of fused-ring (bicyclic) bond motifs is 1. The van der Waals surface area contributed by atoms with Crippen LogP contribution in [0.25, 0.3) is 10.9 Å². The van der Waals surface area contributed by atoms with Crippen molar-refractivity contribution in [3.05, 3.63) is 35.0 Å². The second-order valence-electron chi connectivity index (χ2n) is 4.31. The Bertz CT molecular complexity index is 695. The molecule has 0 bridgehead atoms. The van der Waals surface area contributed by atoms with Crippen LogP contribution in [-0.2, 0) is 16.3 Å². The smallest absolute Gasteiger partial charge is 0.175 e. The first-order chi connectivity index (χ1) is 8.41. The fourth-order valence-corrected chi connectivity index (χ4v) is 2.75. The van der Waals surface area contributed by atoms with Gasteiger partial charge < -0.3 is 0 Å². The van der Waals surface area contributed by atoms with E-state index in [1.165, 1.54) is 6.26 Å². The van der Waals surface area contributed by atoms with Crippen LogP contribution in [-0.4, -0.2) is 19.7 Å². The summed E-state index contributed by atoms with van der Waals surface area (Å²) < 4.78 is 23.0. The molecular formula is C13H14ClNO2S. The van der Waals surface area contributed by atoms with Crippen LogP contribution in [0.2, 0.25) is 5.15 Å². The molecule has 1 heterocycles. The number of hydrogen-bond donors (Lipinski definition) is 0. The van der Waals surface area contributed by atoms with Gasteiger partial charge in [-0.05, 0) is 36.2 Å². The lowest BCUT2D eigenvalue weighted by Crippen LogP contribution is -1.97. The molecule has 0 spiro atoms. The second kappa shape index (κ2) is 4.86. The predicted molar refractivity (Wildman–Crippen MR) is 73.9 cm³/mol. The molecule has 0 saturated heterocycles. The van der Waals surface area contributed by atoms with Crippen LogP contribution < -0.4 is 0 Å². The van der Waals surface area contributed by atoms with Gasteiger partial charge in [-0.25, -0.2) is 13.4 Å². The molecule has 0 amide bonds. The summed E-state index contributed by atoms with van der Waals surface area (Å²) in [5.41, 5.74) is 1.67. The summed E-state index contributed by atoms with van der Waals surface area (Å²) in [5.74, 6) is 0. The van der Waals surface area contributed by atoms with Gasteiger partial charge in [0.2, 0.25) is 0 Å². The van der Waals surface area contributed by atoms with Crippen molar-refractivity contribution in [2.45, 2.75) is 24.7 Å². The summed E-state index contributed by atoms with van der Waals surface area (Å²) in [6, 6.07) is 6.81. The van der Waals surface area contributed by atoms with E-state index in [0.717, 1.165) is 23.8 Å². The van der Waals surface area contributed by atoms with Gasteiger partial charge in [-0.1, -0.05) is 24.9 Å². The number of nitrogens with zero attached hydrogens (tertiary/aromatic N) is 1. The molecule has 18 heavy (non-hydrogen) atoms. The molecule has 96 valence electrons. The zero-order valence-electron chi connectivity index (χ0n) is 10.3. The molecule has 5 heteroatoms. The van der Waals surface area contributed by atoms with Gasteiger partial charge in [0.25, 0.3) is 0 Å². The van der Waals surface area contributed by atoms with Crippen LogP contribution in [0.5, 0.6) is 0 Å². The van der Waals surface area contributed by atoms with E-state index in [1.807, 2.05) is 6.07 Å². The molecule has 0 fully saturated rings. The zero-order chi connectivity index (χ0) is 13.3. The molecular weight excluding hydrogens is 270 g/mol. The number of halogens is 1. The molecule has 0 N–H and O–H groups in total. The molecule has 0 radical (unpaired) electrons. The average Bonchev–Trinajstić information content (AvgIpc) is 2.28. The van der Waals surface area contributed by atoms with Crippen molar-refractivity contribution < 1.29 is 8.42 Å². The maximum atomic E-state index is 11.5. The van der Waals surface area contributed by atoms with E-state index < -0.39 is 9.84 Å². The van der Waals surface area contributed by atoms with Gasteiger partial charge >= 0.3 is 0 Å². The lowest BCUT2D eigenvalue weighted by molar-refractivity contribution is 0.602. The maximum absolute atomic E-state index is 11.5. The van der Waals surface area contributed by atoms with Gasteiger partial charge in [0.05, 0.1) is 10.4 Å². The highest BCUT2D eigenvalue weighted by Crippen LogP contribution is 2.24. The van der Waals surface area contributed by atoms with Gasteiger partial charge in [0, 0.05) is 11.6 Å². The second-order valence-corrected chi connectivity index (χ2v) is 6.69. The largest absolute Gasteiger partial charge is 0.236 e. The van der Waals surface area contributed by atoms with Crippen LogP contribution in [0.1, 0.15) is 18.9 Å². The molecule has 2 rings (SSSR count). The first kappa shape index (κ1) is 13.3. The molecule has 2 aromatic rings. The minimum Gasteiger partial charge on any atom is -0.236 e. The first-order valence-corrected chi connectivity index (χ1v) is 7.98. The van der Waals surface area contributed by atoms with Crippen molar-refractivity contribution in [1.82, 2.24) is 4.98 Å². The number of benzene rings is 1. The molecule has 0 saturated carbocycles. The Morgan fingerprint density at radius 3 is 2.61 bits per heavy atom. The minimum atomic E-state index is -3.19. The van der Waals surface area contributed by atoms with Crippen LogP contribution in [0.3, 0.4) is 0 Å². The van der Waals surface area contributed by atoms with Crippen LogP contribution >= 0.6 is 11.6 Å². The van der Waals surface area contributed by atoms with Crippen molar-refractivity contribution in [1.29, 1.82) is 0 Å². The molecule has 0 unspecified atom stereocenters. The third-order valence-electron chi connectivity index (χ3n) is 2.76. The highest BCUT2D eigenvalue weighted by Gasteiger charge is 2.10. The number of aromatic nitrogens is 1. The summed E-state index contributed by atoms with van der Waals surface area (Å²) in [4.78, 5) is 4.60. The van der Waals surface area contributed by atoms with Crippen molar-refractivity contribution in [3.8, 4) is 0 Å². The van der Waals surface area contributed by atoms with Gasteiger partial charge in [-0.3, -0.25) is 0 Å². The van der Waals surface area contributed by atoms with Crippen LogP contribution in [0.4, 0.5) is 0 Å². The van der Waals surface area contributed by atoms with E-state index in [0.29, 0.717) is 15.6 Å². The molecule has 3 nitrogen and oxygen atoms in total. The topological polar surface area (TPSA) is 47.0 Å². The Labute approximate surface area is 112 Å². The number of hydrogen-bond acceptors (Lipinski definition) is 3. The van der Waals surface area contributed by atoms with E-state index in [4.69, 9.17) is 11.6 Å². The summed E-state index contributed by atoms with van der Waals surface area (Å²) in [7, 11) is -3.19. The van der Waals surface area contributed by atoms with Gasteiger partial charge in [0.1, 0.15) is 5.15 Å². The SMILES string of the molecule is CCCc1cc2cc(S(C)(=O)=O)ccc2nc1Cl. The lowest BCUT2D eigenvalue weighted by atomic mass is 10.1. The number of pyridine rings is 1.